The van der Waals surface area contributed by atoms with Gasteiger partial charge in [0.2, 0.25) is 0 Å². The largest absolute Gasteiger partial charge is 0.477 e. The number of hydrogen-bond donors (Lipinski definition) is 2. The molecule has 0 saturated carbocycles. The van der Waals surface area contributed by atoms with Gasteiger partial charge in [0.25, 0.3) is 0 Å². The predicted octanol–water partition coefficient (Wildman–Crippen LogP) is 2.45. The molecule has 4 heteroatoms. The lowest BCUT2D eigenvalue weighted by Gasteiger charge is -2.00. The maximum atomic E-state index is 10.8. The highest BCUT2D eigenvalue weighted by atomic mass is 16.5. The number of aryl methyl sites for hydroxylation is 1. The molecule has 2 N–H and O–H groups in total. The molecule has 17 heavy (non-hydrogen) atoms. The number of H-pyrrole nitrogens is 1. The Balaban J connectivity index is 2.21. The number of aromatic carboxylic acids is 1. The van der Waals surface area contributed by atoms with Crippen molar-refractivity contribution in [2.75, 3.05) is 13.7 Å². The Hall–Kier alpha value is -1.81. The standard InChI is InChI=1S/C13H15NO3/c1-17-6-2-3-9-4-5-10-8-12(13(15)16)14-11(10)7-9/h4-5,7-8,14H,2-3,6H2,1H3,(H,15,16). The van der Waals surface area contributed by atoms with Gasteiger partial charge in [-0.1, -0.05) is 12.1 Å². The first-order valence-electron chi connectivity index (χ1n) is 5.54. The summed E-state index contributed by atoms with van der Waals surface area (Å²) in [7, 11) is 1.69. The van der Waals surface area contributed by atoms with Gasteiger partial charge in [0.15, 0.2) is 0 Å². The number of benzene rings is 1. The van der Waals surface area contributed by atoms with Crippen LogP contribution in [0.1, 0.15) is 22.5 Å². The van der Waals surface area contributed by atoms with Gasteiger partial charge in [0.05, 0.1) is 0 Å². The molecule has 1 heterocycles. The summed E-state index contributed by atoms with van der Waals surface area (Å²) in [6, 6.07) is 7.62. The minimum atomic E-state index is -0.929. The van der Waals surface area contributed by atoms with E-state index in [0.29, 0.717) is 0 Å². The van der Waals surface area contributed by atoms with Gasteiger partial charge in [-0.3, -0.25) is 0 Å². The Bertz CT molecular complexity index is 530. The number of aromatic amines is 1. The molecule has 0 spiro atoms. The fraction of sp³-hybridized carbons (Fsp3) is 0.308. The van der Waals surface area contributed by atoms with Gasteiger partial charge in [-0.2, -0.15) is 0 Å². The number of aromatic nitrogens is 1. The van der Waals surface area contributed by atoms with Crippen LogP contribution in [0, 0.1) is 0 Å². The van der Waals surface area contributed by atoms with Gasteiger partial charge in [0, 0.05) is 24.6 Å². The van der Waals surface area contributed by atoms with Gasteiger partial charge in [-0.25, -0.2) is 4.79 Å². The van der Waals surface area contributed by atoms with Crippen molar-refractivity contribution in [2.45, 2.75) is 12.8 Å². The predicted molar refractivity (Wildman–Crippen MR) is 65.5 cm³/mol. The molecule has 0 aliphatic carbocycles. The number of carboxylic acid groups (broad SMARTS) is 1. The average molecular weight is 233 g/mol. The van der Waals surface area contributed by atoms with Crippen LogP contribution in [0.2, 0.25) is 0 Å². The number of fused-ring (bicyclic) bond motifs is 1. The molecule has 1 aromatic carbocycles. The molecule has 0 aliphatic rings. The van der Waals surface area contributed by atoms with Crippen molar-refractivity contribution < 1.29 is 14.6 Å². The monoisotopic (exact) mass is 233 g/mol. The Morgan fingerprint density at radius 1 is 1.41 bits per heavy atom. The molecular weight excluding hydrogens is 218 g/mol. The SMILES string of the molecule is COCCCc1ccc2cc(C(=O)O)[nH]c2c1. The Morgan fingerprint density at radius 3 is 2.94 bits per heavy atom. The van der Waals surface area contributed by atoms with Crippen molar-refractivity contribution >= 4 is 16.9 Å². The van der Waals surface area contributed by atoms with Crippen molar-refractivity contribution in [2.24, 2.45) is 0 Å². The van der Waals surface area contributed by atoms with Gasteiger partial charge >= 0.3 is 5.97 Å². The van der Waals surface area contributed by atoms with Crippen molar-refractivity contribution in [3.63, 3.8) is 0 Å². The Labute approximate surface area is 99.2 Å². The Kier molecular flexibility index (Phi) is 3.44. The smallest absolute Gasteiger partial charge is 0.352 e. The summed E-state index contributed by atoms with van der Waals surface area (Å²) in [4.78, 5) is 13.7. The van der Waals surface area contributed by atoms with E-state index in [2.05, 4.69) is 4.98 Å². The second-order valence-electron chi connectivity index (χ2n) is 4.01. The molecule has 90 valence electrons. The lowest BCUT2D eigenvalue weighted by atomic mass is 10.1. The highest BCUT2D eigenvalue weighted by molar-refractivity contribution is 5.93. The van der Waals surface area contributed by atoms with Crippen LogP contribution in [0.25, 0.3) is 10.9 Å². The van der Waals surface area contributed by atoms with Crippen molar-refractivity contribution in [1.82, 2.24) is 4.98 Å². The first-order valence-corrected chi connectivity index (χ1v) is 5.54. The number of carboxylic acids is 1. The molecule has 0 saturated heterocycles. The van der Waals surface area contributed by atoms with E-state index in [4.69, 9.17) is 9.84 Å². The van der Waals surface area contributed by atoms with Crippen LogP contribution in [0.15, 0.2) is 24.3 Å². The molecule has 0 unspecified atom stereocenters. The molecule has 4 nitrogen and oxygen atoms in total. The number of rotatable bonds is 5. The molecular formula is C13H15NO3. The molecule has 0 bridgehead atoms. The summed E-state index contributed by atoms with van der Waals surface area (Å²) in [5, 5.41) is 9.81. The van der Waals surface area contributed by atoms with Crippen LogP contribution in [0.5, 0.6) is 0 Å². The molecule has 2 rings (SSSR count). The molecule has 2 aromatic rings. The van der Waals surface area contributed by atoms with E-state index in [1.165, 1.54) is 5.56 Å². The van der Waals surface area contributed by atoms with Crippen LogP contribution in [0.3, 0.4) is 0 Å². The second-order valence-corrected chi connectivity index (χ2v) is 4.01. The van der Waals surface area contributed by atoms with E-state index in [1.807, 2.05) is 18.2 Å². The summed E-state index contributed by atoms with van der Waals surface area (Å²) < 4.78 is 5.00. The average Bonchev–Trinajstić information content (AvgIpc) is 2.72. The fourth-order valence-electron chi connectivity index (χ4n) is 1.87. The summed E-state index contributed by atoms with van der Waals surface area (Å²) in [6.45, 7) is 0.739. The molecule has 0 atom stereocenters. The van der Waals surface area contributed by atoms with Crippen molar-refractivity contribution in [1.29, 1.82) is 0 Å². The maximum absolute atomic E-state index is 10.8. The lowest BCUT2D eigenvalue weighted by molar-refractivity contribution is 0.0691. The summed E-state index contributed by atoms with van der Waals surface area (Å²) in [6.07, 6.45) is 1.90. The first-order chi connectivity index (χ1) is 8.20. The molecule has 1 aromatic heterocycles. The number of hydrogen-bond acceptors (Lipinski definition) is 2. The van der Waals surface area contributed by atoms with Crippen LogP contribution in [0.4, 0.5) is 0 Å². The summed E-state index contributed by atoms with van der Waals surface area (Å²) in [5.41, 5.74) is 2.29. The fourth-order valence-corrected chi connectivity index (χ4v) is 1.87. The van der Waals surface area contributed by atoms with Gasteiger partial charge < -0.3 is 14.8 Å². The van der Waals surface area contributed by atoms with E-state index in [-0.39, 0.29) is 5.69 Å². The minimum absolute atomic E-state index is 0.231. The third-order valence-corrected chi connectivity index (χ3v) is 2.73. The molecule has 0 radical (unpaired) electrons. The highest BCUT2D eigenvalue weighted by Crippen LogP contribution is 2.18. The number of ether oxygens (including phenoxy) is 1. The normalized spacial score (nSPS) is 10.9. The van der Waals surface area contributed by atoms with E-state index < -0.39 is 5.97 Å². The first kappa shape index (κ1) is 11.7. The van der Waals surface area contributed by atoms with Crippen LogP contribution in [-0.4, -0.2) is 29.8 Å². The van der Waals surface area contributed by atoms with E-state index in [0.717, 1.165) is 30.4 Å². The number of nitrogens with one attached hydrogen (secondary N) is 1. The zero-order chi connectivity index (χ0) is 12.3. The molecule has 0 amide bonds. The minimum Gasteiger partial charge on any atom is -0.477 e. The third-order valence-electron chi connectivity index (χ3n) is 2.73. The highest BCUT2D eigenvalue weighted by Gasteiger charge is 2.07. The zero-order valence-corrected chi connectivity index (χ0v) is 9.69. The van der Waals surface area contributed by atoms with Crippen LogP contribution >= 0.6 is 0 Å². The molecule has 0 fully saturated rings. The van der Waals surface area contributed by atoms with E-state index in [9.17, 15) is 4.79 Å². The summed E-state index contributed by atoms with van der Waals surface area (Å²) >= 11 is 0. The maximum Gasteiger partial charge on any atom is 0.352 e. The van der Waals surface area contributed by atoms with E-state index >= 15 is 0 Å². The van der Waals surface area contributed by atoms with Crippen molar-refractivity contribution in [3.8, 4) is 0 Å². The zero-order valence-electron chi connectivity index (χ0n) is 9.69. The number of carbonyl (C=O) groups is 1. The van der Waals surface area contributed by atoms with Gasteiger partial charge in [-0.05, 0) is 30.5 Å². The number of methoxy groups -OCH3 is 1. The van der Waals surface area contributed by atoms with E-state index in [1.54, 1.807) is 13.2 Å². The van der Waals surface area contributed by atoms with Gasteiger partial charge in [0.1, 0.15) is 5.69 Å². The third kappa shape index (κ3) is 2.65. The second kappa shape index (κ2) is 5.01. The molecule has 0 aliphatic heterocycles. The van der Waals surface area contributed by atoms with Crippen molar-refractivity contribution in [3.05, 3.63) is 35.5 Å². The quantitative estimate of drug-likeness (QED) is 0.780. The Morgan fingerprint density at radius 2 is 2.24 bits per heavy atom. The van der Waals surface area contributed by atoms with Crippen LogP contribution in [-0.2, 0) is 11.2 Å². The van der Waals surface area contributed by atoms with Crippen LogP contribution < -0.4 is 0 Å². The topological polar surface area (TPSA) is 62.3 Å². The summed E-state index contributed by atoms with van der Waals surface area (Å²) in [5.74, 6) is -0.929. The van der Waals surface area contributed by atoms with Gasteiger partial charge in [-0.15, -0.1) is 0 Å². The lowest BCUT2D eigenvalue weighted by Crippen LogP contribution is -1.95.